The molecule has 0 aromatic rings. The van der Waals surface area contributed by atoms with Crippen LogP contribution in [-0.2, 0) is 4.74 Å². The van der Waals surface area contributed by atoms with Gasteiger partial charge in [0.2, 0.25) is 0 Å². The van der Waals surface area contributed by atoms with Gasteiger partial charge in [0.05, 0.1) is 5.92 Å². The van der Waals surface area contributed by atoms with Gasteiger partial charge < -0.3 is 9.84 Å². The molecule has 7 heteroatoms. The number of hydrogen-bond donors (Lipinski definition) is 1. The molecule has 0 saturated carbocycles. The zero-order valence-electron chi connectivity index (χ0n) is 9.91. The summed E-state index contributed by atoms with van der Waals surface area (Å²) >= 11 is 0. The first-order valence-electron chi connectivity index (χ1n) is 5.25. The zero-order valence-corrected chi connectivity index (χ0v) is 9.91. The molecule has 1 amide bonds. The van der Waals surface area contributed by atoms with Gasteiger partial charge in [-0.2, -0.15) is 13.2 Å². The van der Waals surface area contributed by atoms with Crippen LogP contribution in [0.5, 0.6) is 0 Å². The molecular weight excluding hydrogens is 239 g/mol. The van der Waals surface area contributed by atoms with E-state index < -0.39 is 43.0 Å². The lowest BCUT2D eigenvalue weighted by molar-refractivity contribution is -0.171. The molecule has 1 saturated heterocycles. The molecule has 1 heterocycles. The summed E-state index contributed by atoms with van der Waals surface area (Å²) in [6, 6.07) is 0. The SMILES string of the molecule is CC(C)(C)OC(=O)N1CC(C(F)(F)F)CC1O. The van der Waals surface area contributed by atoms with Crippen molar-refractivity contribution in [1.29, 1.82) is 0 Å². The number of likely N-dealkylation sites (tertiary alicyclic amines) is 1. The Kier molecular flexibility index (Phi) is 3.61. The average molecular weight is 255 g/mol. The predicted molar refractivity (Wildman–Crippen MR) is 53.1 cm³/mol. The van der Waals surface area contributed by atoms with Crippen LogP contribution in [0.4, 0.5) is 18.0 Å². The van der Waals surface area contributed by atoms with Crippen molar-refractivity contribution in [1.82, 2.24) is 4.90 Å². The van der Waals surface area contributed by atoms with E-state index in [1.54, 1.807) is 20.8 Å². The van der Waals surface area contributed by atoms with Crippen molar-refractivity contribution in [3.05, 3.63) is 0 Å². The number of aliphatic hydroxyl groups is 1. The summed E-state index contributed by atoms with van der Waals surface area (Å²) in [6.07, 6.45) is -7.26. The van der Waals surface area contributed by atoms with E-state index in [-0.39, 0.29) is 0 Å². The third kappa shape index (κ3) is 3.76. The molecule has 100 valence electrons. The minimum atomic E-state index is -4.41. The molecule has 1 rings (SSSR count). The van der Waals surface area contributed by atoms with Gasteiger partial charge in [0.25, 0.3) is 0 Å². The van der Waals surface area contributed by atoms with Crippen molar-refractivity contribution in [2.75, 3.05) is 6.54 Å². The summed E-state index contributed by atoms with van der Waals surface area (Å²) in [5, 5.41) is 9.42. The Bertz CT molecular complexity index is 298. The van der Waals surface area contributed by atoms with Crippen molar-refractivity contribution in [2.24, 2.45) is 5.92 Å². The fourth-order valence-electron chi connectivity index (χ4n) is 1.57. The number of aliphatic hydroxyl groups excluding tert-OH is 1. The Hall–Kier alpha value is -0.980. The summed E-state index contributed by atoms with van der Waals surface area (Å²) in [5.41, 5.74) is -0.798. The van der Waals surface area contributed by atoms with Gasteiger partial charge >= 0.3 is 12.3 Å². The van der Waals surface area contributed by atoms with Crippen LogP contribution in [-0.4, -0.2) is 40.6 Å². The molecule has 1 aliphatic heterocycles. The van der Waals surface area contributed by atoms with Crippen LogP contribution in [0.15, 0.2) is 0 Å². The van der Waals surface area contributed by atoms with E-state index in [2.05, 4.69) is 0 Å². The van der Waals surface area contributed by atoms with E-state index >= 15 is 0 Å². The smallest absolute Gasteiger partial charge is 0.412 e. The summed E-state index contributed by atoms with van der Waals surface area (Å²) in [4.78, 5) is 12.2. The topological polar surface area (TPSA) is 49.8 Å². The monoisotopic (exact) mass is 255 g/mol. The maximum atomic E-state index is 12.4. The summed E-state index contributed by atoms with van der Waals surface area (Å²) in [6.45, 7) is 4.26. The third-order valence-corrected chi connectivity index (χ3v) is 2.36. The minimum Gasteiger partial charge on any atom is -0.444 e. The molecule has 4 nitrogen and oxygen atoms in total. The van der Waals surface area contributed by atoms with Gasteiger partial charge in [-0.05, 0) is 20.8 Å². The van der Waals surface area contributed by atoms with Gasteiger partial charge in [0.1, 0.15) is 11.8 Å². The highest BCUT2D eigenvalue weighted by Crippen LogP contribution is 2.36. The predicted octanol–water partition coefficient (Wildman–Crippen LogP) is 2.12. The van der Waals surface area contributed by atoms with Crippen molar-refractivity contribution >= 4 is 6.09 Å². The number of ether oxygens (including phenoxy) is 1. The first-order chi connectivity index (χ1) is 7.50. The third-order valence-electron chi connectivity index (χ3n) is 2.36. The zero-order chi connectivity index (χ0) is 13.4. The molecule has 1 aliphatic rings. The van der Waals surface area contributed by atoms with Crippen LogP contribution in [0.3, 0.4) is 0 Å². The Labute approximate surface area is 97.3 Å². The van der Waals surface area contributed by atoms with Crippen molar-refractivity contribution in [2.45, 2.75) is 45.2 Å². The molecule has 17 heavy (non-hydrogen) atoms. The highest BCUT2D eigenvalue weighted by atomic mass is 19.4. The normalized spacial score (nSPS) is 26.2. The van der Waals surface area contributed by atoms with Crippen LogP contribution < -0.4 is 0 Å². The lowest BCUT2D eigenvalue weighted by atomic mass is 10.1. The number of halogens is 3. The summed E-state index contributed by atoms with van der Waals surface area (Å²) in [7, 11) is 0. The van der Waals surface area contributed by atoms with Gasteiger partial charge in [0, 0.05) is 13.0 Å². The van der Waals surface area contributed by atoms with E-state index in [0.717, 1.165) is 0 Å². The molecule has 2 atom stereocenters. The fraction of sp³-hybridized carbons (Fsp3) is 0.900. The Morgan fingerprint density at radius 2 is 1.88 bits per heavy atom. The summed E-state index contributed by atoms with van der Waals surface area (Å²) < 4.78 is 42.2. The number of alkyl halides is 3. The Morgan fingerprint density at radius 3 is 2.24 bits per heavy atom. The Morgan fingerprint density at radius 1 is 1.35 bits per heavy atom. The van der Waals surface area contributed by atoms with E-state index in [4.69, 9.17) is 4.74 Å². The number of rotatable bonds is 0. The first-order valence-corrected chi connectivity index (χ1v) is 5.25. The number of hydrogen-bond acceptors (Lipinski definition) is 3. The lowest BCUT2D eigenvalue weighted by Crippen LogP contribution is -2.40. The van der Waals surface area contributed by atoms with Crippen LogP contribution in [0, 0.1) is 5.92 Å². The number of amides is 1. The van der Waals surface area contributed by atoms with Gasteiger partial charge in [-0.15, -0.1) is 0 Å². The van der Waals surface area contributed by atoms with Crippen LogP contribution >= 0.6 is 0 Å². The van der Waals surface area contributed by atoms with E-state index in [1.807, 2.05) is 0 Å². The Balaban J connectivity index is 2.65. The van der Waals surface area contributed by atoms with Crippen molar-refractivity contribution in [3.8, 4) is 0 Å². The lowest BCUT2D eigenvalue weighted by Gasteiger charge is -2.26. The molecule has 1 N–H and O–H groups in total. The standard InChI is InChI=1S/C10H16F3NO3/c1-9(2,3)17-8(16)14-5-6(4-7(14)15)10(11,12)13/h6-7,15H,4-5H2,1-3H3. The molecule has 0 spiro atoms. The molecule has 0 aromatic carbocycles. The molecule has 0 radical (unpaired) electrons. The molecule has 0 bridgehead atoms. The van der Waals surface area contributed by atoms with Crippen LogP contribution in [0.25, 0.3) is 0 Å². The second kappa shape index (κ2) is 4.36. The number of carbonyl (C=O) groups excluding carboxylic acids is 1. The largest absolute Gasteiger partial charge is 0.444 e. The fourth-order valence-corrected chi connectivity index (χ4v) is 1.57. The van der Waals surface area contributed by atoms with Gasteiger partial charge in [0.15, 0.2) is 0 Å². The maximum absolute atomic E-state index is 12.4. The number of carbonyl (C=O) groups is 1. The highest BCUT2D eigenvalue weighted by molar-refractivity contribution is 5.68. The quantitative estimate of drug-likeness (QED) is 0.721. The second-order valence-corrected chi connectivity index (χ2v) is 5.09. The minimum absolute atomic E-state index is 0.497. The molecule has 0 aromatic heterocycles. The number of nitrogens with zero attached hydrogens (tertiary/aromatic N) is 1. The summed E-state index contributed by atoms with van der Waals surface area (Å²) in [5.74, 6) is -1.69. The maximum Gasteiger partial charge on any atom is 0.412 e. The average Bonchev–Trinajstić information content (AvgIpc) is 2.42. The van der Waals surface area contributed by atoms with Crippen molar-refractivity contribution < 1.29 is 27.8 Å². The van der Waals surface area contributed by atoms with E-state index in [1.165, 1.54) is 0 Å². The van der Waals surface area contributed by atoms with Gasteiger partial charge in [-0.3, -0.25) is 4.90 Å². The highest BCUT2D eigenvalue weighted by Gasteiger charge is 2.49. The van der Waals surface area contributed by atoms with E-state index in [0.29, 0.717) is 4.90 Å². The van der Waals surface area contributed by atoms with E-state index in [9.17, 15) is 23.1 Å². The molecule has 2 unspecified atom stereocenters. The van der Waals surface area contributed by atoms with Gasteiger partial charge in [-0.25, -0.2) is 4.79 Å². The van der Waals surface area contributed by atoms with Crippen LogP contribution in [0.2, 0.25) is 0 Å². The molecule has 1 fully saturated rings. The molecular formula is C10H16F3NO3. The second-order valence-electron chi connectivity index (χ2n) is 5.09. The van der Waals surface area contributed by atoms with Crippen molar-refractivity contribution in [3.63, 3.8) is 0 Å². The first kappa shape index (κ1) is 14.1. The molecule has 0 aliphatic carbocycles. The van der Waals surface area contributed by atoms with Gasteiger partial charge in [-0.1, -0.05) is 0 Å². The van der Waals surface area contributed by atoms with Crippen LogP contribution in [0.1, 0.15) is 27.2 Å².